The maximum absolute atomic E-state index is 12.6. The van der Waals surface area contributed by atoms with Crippen LogP contribution in [0.5, 0.6) is 0 Å². The molecule has 1 aliphatic heterocycles. The van der Waals surface area contributed by atoms with Gasteiger partial charge in [-0.2, -0.15) is 4.31 Å². The quantitative estimate of drug-likeness (QED) is 0.815. The first-order valence-corrected chi connectivity index (χ1v) is 9.69. The highest BCUT2D eigenvalue weighted by Crippen LogP contribution is 2.18. The van der Waals surface area contributed by atoms with Gasteiger partial charge in [0.2, 0.25) is 15.9 Å². The van der Waals surface area contributed by atoms with E-state index in [-0.39, 0.29) is 5.75 Å². The average molecular weight is 350 g/mol. The second-order valence-electron chi connectivity index (χ2n) is 5.96. The van der Waals surface area contributed by atoms with E-state index in [4.69, 9.17) is 4.42 Å². The van der Waals surface area contributed by atoms with E-state index in [1.807, 2.05) is 43.0 Å². The number of anilines is 1. The predicted molar refractivity (Wildman–Crippen MR) is 91.3 cm³/mol. The lowest BCUT2D eigenvalue weighted by atomic mass is 10.2. The highest BCUT2D eigenvalue weighted by atomic mass is 32.2. The Bertz CT molecular complexity index is 778. The molecule has 2 aromatic rings. The maximum atomic E-state index is 12.6. The van der Waals surface area contributed by atoms with E-state index in [2.05, 4.69) is 10.2 Å². The van der Waals surface area contributed by atoms with Gasteiger partial charge in [0.15, 0.2) is 0 Å². The fraction of sp³-hybridized carbons (Fsp3) is 0.500. The summed E-state index contributed by atoms with van der Waals surface area (Å²) in [4.78, 5) is 1.93. The molecule has 0 aliphatic carbocycles. The highest BCUT2D eigenvalue weighted by Gasteiger charge is 2.28. The van der Waals surface area contributed by atoms with E-state index in [1.165, 1.54) is 0 Å². The minimum Gasteiger partial charge on any atom is -0.408 e. The van der Waals surface area contributed by atoms with Gasteiger partial charge in [-0.3, -0.25) is 0 Å². The molecule has 1 fully saturated rings. The molecule has 1 saturated heterocycles. The van der Waals surface area contributed by atoms with Gasteiger partial charge in [0.1, 0.15) is 0 Å². The molecule has 0 radical (unpaired) electrons. The number of aromatic nitrogens is 2. The molecule has 3 rings (SSSR count). The van der Waals surface area contributed by atoms with Crippen LogP contribution < -0.4 is 4.90 Å². The monoisotopic (exact) mass is 350 g/mol. The Labute approximate surface area is 142 Å². The lowest BCUT2D eigenvalue weighted by Crippen LogP contribution is -2.49. The van der Waals surface area contributed by atoms with Crippen LogP contribution in [0.25, 0.3) is 0 Å². The number of hydrogen-bond acceptors (Lipinski definition) is 6. The Morgan fingerprint density at radius 3 is 2.33 bits per heavy atom. The van der Waals surface area contributed by atoms with E-state index in [0.717, 1.165) is 11.1 Å². The first-order valence-electron chi connectivity index (χ1n) is 8.08. The van der Waals surface area contributed by atoms with Crippen molar-refractivity contribution < 1.29 is 12.8 Å². The van der Waals surface area contributed by atoms with Crippen molar-refractivity contribution in [1.82, 2.24) is 14.5 Å². The van der Waals surface area contributed by atoms with Crippen molar-refractivity contribution >= 4 is 16.0 Å². The van der Waals surface area contributed by atoms with Crippen LogP contribution in [0.4, 0.5) is 6.01 Å². The van der Waals surface area contributed by atoms with Crippen molar-refractivity contribution in [2.75, 3.05) is 31.1 Å². The third kappa shape index (κ3) is 3.76. The van der Waals surface area contributed by atoms with Crippen molar-refractivity contribution in [3.63, 3.8) is 0 Å². The number of aryl methyl sites for hydroxylation is 2. The van der Waals surface area contributed by atoms with Crippen molar-refractivity contribution in [3.05, 3.63) is 41.3 Å². The van der Waals surface area contributed by atoms with Gasteiger partial charge >= 0.3 is 6.01 Å². The summed E-state index contributed by atoms with van der Waals surface area (Å²) in [6, 6.07) is 8.08. The molecular weight excluding hydrogens is 328 g/mol. The Morgan fingerprint density at radius 2 is 1.75 bits per heavy atom. The SMILES string of the molecule is CCc1nnc(N2CCN(S(=O)(=O)Cc3ccc(C)cc3)CC2)o1. The number of sulfonamides is 1. The van der Waals surface area contributed by atoms with Gasteiger partial charge in [-0.15, -0.1) is 5.10 Å². The Kier molecular flexibility index (Phi) is 4.86. The van der Waals surface area contributed by atoms with E-state index < -0.39 is 10.0 Å². The molecule has 24 heavy (non-hydrogen) atoms. The van der Waals surface area contributed by atoms with Crippen molar-refractivity contribution in [3.8, 4) is 0 Å². The first-order chi connectivity index (χ1) is 11.5. The summed E-state index contributed by atoms with van der Waals surface area (Å²) in [6.07, 6.45) is 0.692. The van der Waals surface area contributed by atoms with E-state index in [9.17, 15) is 8.42 Å². The molecule has 1 aromatic heterocycles. The molecule has 0 saturated carbocycles. The van der Waals surface area contributed by atoms with Gasteiger partial charge in [-0.05, 0) is 12.5 Å². The summed E-state index contributed by atoms with van der Waals surface area (Å²) < 4.78 is 32.3. The summed E-state index contributed by atoms with van der Waals surface area (Å²) in [6.45, 7) is 5.90. The van der Waals surface area contributed by atoms with E-state index in [0.29, 0.717) is 44.5 Å². The fourth-order valence-electron chi connectivity index (χ4n) is 2.66. The Balaban J connectivity index is 1.61. The number of benzene rings is 1. The minimum atomic E-state index is -3.31. The Hall–Kier alpha value is -1.93. The van der Waals surface area contributed by atoms with Crippen molar-refractivity contribution in [1.29, 1.82) is 0 Å². The largest absolute Gasteiger partial charge is 0.408 e. The highest BCUT2D eigenvalue weighted by molar-refractivity contribution is 7.88. The topological polar surface area (TPSA) is 79.5 Å². The normalized spacial score (nSPS) is 16.5. The first kappa shape index (κ1) is 16.9. The zero-order chi connectivity index (χ0) is 17.2. The van der Waals surface area contributed by atoms with Gasteiger partial charge in [0, 0.05) is 32.6 Å². The van der Waals surface area contributed by atoms with Gasteiger partial charge < -0.3 is 9.32 Å². The molecule has 130 valence electrons. The van der Waals surface area contributed by atoms with Crippen molar-refractivity contribution in [2.24, 2.45) is 0 Å². The number of nitrogens with zero attached hydrogens (tertiary/aromatic N) is 4. The van der Waals surface area contributed by atoms with Gasteiger partial charge in [0.25, 0.3) is 0 Å². The molecule has 8 heteroatoms. The third-order valence-corrected chi connectivity index (χ3v) is 5.98. The van der Waals surface area contributed by atoms with Crippen molar-refractivity contribution in [2.45, 2.75) is 26.0 Å². The second-order valence-corrected chi connectivity index (χ2v) is 7.93. The van der Waals surface area contributed by atoms with Crippen LogP contribution in [0.15, 0.2) is 28.7 Å². The molecule has 0 unspecified atom stereocenters. The summed E-state index contributed by atoms with van der Waals surface area (Å²) in [5.74, 6) is 0.632. The Morgan fingerprint density at radius 1 is 1.08 bits per heavy atom. The van der Waals surface area contributed by atoms with Crippen LogP contribution in [0, 0.1) is 6.92 Å². The van der Waals surface area contributed by atoms with Crippen LogP contribution in [0.1, 0.15) is 23.9 Å². The lowest BCUT2D eigenvalue weighted by molar-refractivity contribution is 0.368. The number of piperazine rings is 1. The van der Waals surface area contributed by atoms with Crippen LogP contribution in [-0.2, 0) is 22.2 Å². The predicted octanol–water partition coefficient (Wildman–Crippen LogP) is 1.59. The van der Waals surface area contributed by atoms with Crippen LogP contribution >= 0.6 is 0 Å². The molecule has 1 aliphatic rings. The molecule has 1 aromatic carbocycles. The number of hydrogen-bond donors (Lipinski definition) is 0. The average Bonchev–Trinajstić information content (AvgIpc) is 3.06. The molecule has 0 N–H and O–H groups in total. The molecule has 7 nitrogen and oxygen atoms in total. The molecule has 0 spiro atoms. The third-order valence-electron chi connectivity index (χ3n) is 4.13. The number of rotatable bonds is 5. The van der Waals surface area contributed by atoms with E-state index >= 15 is 0 Å². The standard InChI is InChI=1S/C16H22N4O3S/c1-3-15-17-18-16(23-15)19-8-10-20(11-9-19)24(21,22)12-14-6-4-13(2)5-7-14/h4-7H,3,8-12H2,1-2H3. The summed E-state index contributed by atoms with van der Waals surface area (Å²) in [5.41, 5.74) is 1.93. The van der Waals surface area contributed by atoms with Crippen LogP contribution in [0.2, 0.25) is 0 Å². The van der Waals surface area contributed by atoms with Gasteiger partial charge in [-0.25, -0.2) is 8.42 Å². The summed E-state index contributed by atoms with van der Waals surface area (Å²) >= 11 is 0. The van der Waals surface area contributed by atoms with Gasteiger partial charge in [0.05, 0.1) is 5.75 Å². The minimum absolute atomic E-state index is 0.0355. The maximum Gasteiger partial charge on any atom is 0.318 e. The second kappa shape index (κ2) is 6.90. The lowest BCUT2D eigenvalue weighted by Gasteiger charge is -2.32. The zero-order valence-corrected chi connectivity index (χ0v) is 14.8. The van der Waals surface area contributed by atoms with Crippen LogP contribution in [-0.4, -0.2) is 49.1 Å². The summed E-state index contributed by atoms with van der Waals surface area (Å²) in [7, 11) is -3.31. The van der Waals surface area contributed by atoms with Crippen LogP contribution in [0.3, 0.4) is 0 Å². The van der Waals surface area contributed by atoms with E-state index in [1.54, 1.807) is 4.31 Å². The fourth-order valence-corrected chi connectivity index (χ4v) is 4.18. The smallest absolute Gasteiger partial charge is 0.318 e. The summed E-state index contributed by atoms with van der Waals surface area (Å²) in [5, 5.41) is 7.97. The zero-order valence-electron chi connectivity index (χ0n) is 14.0. The molecule has 0 atom stereocenters. The molecule has 2 heterocycles. The van der Waals surface area contributed by atoms with Gasteiger partial charge in [-0.1, -0.05) is 41.9 Å². The molecular formula is C16H22N4O3S. The molecule has 0 amide bonds. The molecule has 0 bridgehead atoms.